The van der Waals surface area contributed by atoms with E-state index in [0.717, 1.165) is 40.6 Å². The first-order valence-electron chi connectivity index (χ1n) is 10.4. The van der Waals surface area contributed by atoms with Crippen molar-refractivity contribution in [3.63, 3.8) is 0 Å². The average Bonchev–Trinajstić information content (AvgIpc) is 3.17. The van der Waals surface area contributed by atoms with Gasteiger partial charge in [-0.1, -0.05) is 35.9 Å². The molecule has 5 nitrogen and oxygen atoms in total. The Morgan fingerprint density at radius 2 is 1.79 bits per heavy atom. The molecule has 2 aromatic carbocycles. The predicted octanol–water partition coefficient (Wildman–Crippen LogP) is 3.67. The average molecular weight is 419 g/mol. The molecule has 2 aromatic rings. The van der Waals surface area contributed by atoms with Crippen LogP contribution >= 0.6 is 11.6 Å². The van der Waals surface area contributed by atoms with E-state index in [9.17, 15) is 5.11 Å². The van der Waals surface area contributed by atoms with Gasteiger partial charge in [-0.3, -0.25) is 0 Å². The normalized spacial score (nSPS) is 21.1. The molecule has 2 aliphatic rings. The molecule has 0 bridgehead atoms. The number of hydrogen-bond donors (Lipinski definition) is 1. The number of aliphatic hydroxyl groups is 1. The van der Waals surface area contributed by atoms with Gasteiger partial charge in [-0.25, -0.2) is 0 Å². The molecule has 1 saturated heterocycles. The van der Waals surface area contributed by atoms with Crippen molar-refractivity contribution in [3.8, 4) is 11.5 Å². The second-order valence-electron chi connectivity index (χ2n) is 8.15. The van der Waals surface area contributed by atoms with E-state index in [0.29, 0.717) is 26.4 Å². The van der Waals surface area contributed by atoms with E-state index in [-0.39, 0.29) is 6.10 Å². The maximum atomic E-state index is 10.7. The lowest BCUT2D eigenvalue weighted by Crippen LogP contribution is -2.50. The van der Waals surface area contributed by atoms with Gasteiger partial charge in [-0.05, 0) is 24.3 Å². The molecule has 2 atom stereocenters. The van der Waals surface area contributed by atoms with Crippen LogP contribution < -0.4 is 9.47 Å². The molecule has 0 radical (unpaired) electrons. The van der Waals surface area contributed by atoms with E-state index in [1.807, 2.05) is 36.4 Å². The van der Waals surface area contributed by atoms with Crippen LogP contribution in [0, 0.1) is 0 Å². The predicted molar refractivity (Wildman–Crippen MR) is 112 cm³/mol. The number of benzene rings is 2. The largest absolute Gasteiger partial charge is 0.486 e. The maximum absolute atomic E-state index is 10.7. The van der Waals surface area contributed by atoms with Gasteiger partial charge in [0.1, 0.15) is 25.8 Å². The number of nitrogens with zero attached hydrogens (tertiary/aromatic N) is 1. The number of likely N-dealkylation sites (tertiary alicyclic amines) is 1. The lowest BCUT2D eigenvalue weighted by molar-refractivity contribution is -0.932. The van der Waals surface area contributed by atoms with Crippen molar-refractivity contribution in [2.75, 3.05) is 39.5 Å². The third-order valence-corrected chi connectivity index (χ3v) is 5.98. The van der Waals surface area contributed by atoms with Crippen molar-refractivity contribution in [3.05, 3.63) is 59.1 Å². The fourth-order valence-electron chi connectivity index (χ4n) is 4.37. The van der Waals surface area contributed by atoms with Gasteiger partial charge in [0.25, 0.3) is 0 Å². The van der Waals surface area contributed by atoms with Gasteiger partial charge in [0, 0.05) is 23.4 Å². The molecule has 2 heterocycles. The van der Waals surface area contributed by atoms with Gasteiger partial charge in [0.05, 0.1) is 26.3 Å². The van der Waals surface area contributed by atoms with Crippen molar-refractivity contribution in [1.29, 1.82) is 0 Å². The standard InChI is InChI=1S/C23H29ClNO4/c24-19-9-7-18(8-10-19)13-25(11-3-4-12-25)14-20(26)15-27-16-21-17-28-22-5-1-2-6-23(22)29-21/h1-2,5-10,20-21,26H,3-4,11-17H2/q+1/t20-,21+/m1/s1. The van der Waals surface area contributed by atoms with Crippen molar-refractivity contribution in [1.82, 2.24) is 0 Å². The summed E-state index contributed by atoms with van der Waals surface area (Å²) in [5, 5.41) is 11.4. The molecule has 156 valence electrons. The summed E-state index contributed by atoms with van der Waals surface area (Å²) in [6.07, 6.45) is 1.75. The molecule has 0 aliphatic carbocycles. The number of aliphatic hydroxyl groups excluding tert-OH is 1. The van der Waals surface area contributed by atoms with Crippen LogP contribution in [0.15, 0.2) is 48.5 Å². The van der Waals surface area contributed by atoms with Crippen molar-refractivity contribution in [2.24, 2.45) is 0 Å². The molecule has 29 heavy (non-hydrogen) atoms. The zero-order valence-corrected chi connectivity index (χ0v) is 17.4. The Kier molecular flexibility index (Phi) is 6.60. The van der Waals surface area contributed by atoms with Crippen LogP contribution in [0.1, 0.15) is 18.4 Å². The monoisotopic (exact) mass is 418 g/mol. The van der Waals surface area contributed by atoms with E-state index in [2.05, 4.69) is 12.1 Å². The Morgan fingerprint density at radius 3 is 2.55 bits per heavy atom. The quantitative estimate of drug-likeness (QED) is 0.664. The van der Waals surface area contributed by atoms with Gasteiger partial charge < -0.3 is 23.8 Å². The minimum Gasteiger partial charge on any atom is -0.486 e. The Bertz CT molecular complexity index is 792. The fourth-order valence-corrected chi connectivity index (χ4v) is 4.50. The summed E-state index contributed by atoms with van der Waals surface area (Å²) < 4.78 is 18.3. The van der Waals surface area contributed by atoms with Crippen LogP contribution in [0.3, 0.4) is 0 Å². The molecule has 2 aliphatic heterocycles. The number of para-hydroxylation sites is 2. The first-order valence-corrected chi connectivity index (χ1v) is 10.7. The maximum Gasteiger partial charge on any atom is 0.161 e. The zero-order valence-electron chi connectivity index (χ0n) is 16.6. The van der Waals surface area contributed by atoms with Crippen LogP contribution in [0.4, 0.5) is 0 Å². The Hall–Kier alpha value is -1.79. The van der Waals surface area contributed by atoms with Gasteiger partial charge >= 0.3 is 0 Å². The van der Waals surface area contributed by atoms with Crippen LogP contribution in [0.25, 0.3) is 0 Å². The highest BCUT2D eigenvalue weighted by Crippen LogP contribution is 2.31. The van der Waals surface area contributed by atoms with Gasteiger partial charge in [-0.15, -0.1) is 0 Å². The summed E-state index contributed by atoms with van der Waals surface area (Å²) in [5.41, 5.74) is 1.26. The molecular formula is C23H29ClNO4+. The van der Waals surface area contributed by atoms with Gasteiger partial charge in [0.15, 0.2) is 17.6 Å². The summed E-state index contributed by atoms with van der Waals surface area (Å²) >= 11 is 6.02. The van der Waals surface area contributed by atoms with E-state index >= 15 is 0 Å². The molecule has 1 N–H and O–H groups in total. The summed E-state index contributed by atoms with van der Waals surface area (Å²) in [4.78, 5) is 0. The molecule has 6 heteroatoms. The smallest absolute Gasteiger partial charge is 0.161 e. The Balaban J connectivity index is 1.26. The van der Waals surface area contributed by atoms with Crippen molar-refractivity contribution < 1.29 is 23.8 Å². The second kappa shape index (κ2) is 9.35. The highest BCUT2D eigenvalue weighted by molar-refractivity contribution is 6.30. The fraction of sp³-hybridized carbons (Fsp3) is 0.478. The van der Waals surface area contributed by atoms with Crippen molar-refractivity contribution in [2.45, 2.75) is 31.6 Å². The van der Waals surface area contributed by atoms with Gasteiger partial charge in [-0.2, -0.15) is 0 Å². The third kappa shape index (κ3) is 5.43. The molecule has 1 fully saturated rings. The third-order valence-electron chi connectivity index (χ3n) is 5.73. The van der Waals surface area contributed by atoms with Gasteiger partial charge in [0.2, 0.25) is 0 Å². The zero-order chi connectivity index (χ0) is 20.1. The summed E-state index contributed by atoms with van der Waals surface area (Å²) in [6, 6.07) is 15.7. The lowest BCUT2D eigenvalue weighted by Gasteiger charge is -2.36. The Morgan fingerprint density at radius 1 is 1.07 bits per heavy atom. The molecule has 0 amide bonds. The minimum absolute atomic E-state index is 0.152. The second-order valence-corrected chi connectivity index (χ2v) is 8.59. The molecular weight excluding hydrogens is 390 g/mol. The highest BCUT2D eigenvalue weighted by Gasteiger charge is 2.34. The van der Waals surface area contributed by atoms with Crippen LogP contribution in [0.2, 0.25) is 5.02 Å². The summed E-state index contributed by atoms with van der Waals surface area (Å²) in [5.74, 6) is 1.52. The first kappa shape index (κ1) is 20.5. The highest BCUT2D eigenvalue weighted by atomic mass is 35.5. The molecule has 4 rings (SSSR count). The number of hydrogen-bond acceptors (Lipinski definition) is 4. The topological polar surface area (TPSA) is 47.9 Å². The summed E-state index contributed by atoms with van der Waals surface area (Å²) in [7, 11) is 0. The SMILES string of the molecule is O[C@@H](COC[C@H]1COc2ccccc2O1)C[N+]1(Cc2ccc(Cl)cc2)CCCC1. The van der Waals surface area contributed by atoms with Crippen LogP contribution in [-0.4, -0.2) is 61.3 Å². The first-order chi connectivity index (χ1) is 14.1. The van der Waals surface area contributed by atoms with E-state index < -0.39 is 6.10 Å². The number of halogens is 1. The number of rotatable bonds is 8. The minimum atomic E-state index is -0.503. The van der Waals surface area contributed by atoms with E-state index in [1.54, 1.807) is 0 Å². The number of ether oxygens (including phenoxy) is 3. The Labute approximate surface area is 177 Å². The summed E-state index contributed by atoms with van der Waals surface area (Å²) in [6.45, 7) is 4.98. The van der Waals surface area contributed by atoms with E-state index in [4.69, 9.17) is 25.8 Å². The van der Waals surface area contributed by atoms with E-state index in [1.165, 1.54) is 18.4 Å². The molecule has 0 unspecified atom stereocenters. The van der Waals surface area contributed by atoms with Crippen LogP contribution in [-0.2, 0) is 11.3 Å². The van der Waals surface area contributed by atoms with Crippen LogP contribution in [0.5, 0.6) is 11.5 Å². The molecule has 0 aromatic heterocycles. The van der Waals surface area contributed by atoms with Crippen molar-refractivity contribution >= 4 is 11.6 Å². The molecule has 0 saturated carbocycles. The lowest BCUT2D eigenvalue weighted by atomic mass is 10.1. The molecule has 0 spiro atoms. The number of fused-ring (bicyclic) bond motifs is 1. The number of quaternary nitrogens is 1.